The van der Waals surface area contributed by atoms with Gasteiger partial charge in [0.2, 0.25) is 0 Å². The number of aliphatic hydroxyl groups is 1. The quantitative estimate of drug-likeness (QED) is 0.0222. The van der Waals surface area contributed by atoms with Crippen LogP contribution in [0.1, 0.15) is 351 Å². The summed E-state index contributed by atoms with van der Waals surface area (Å²) in [7, 11) is -9.90. The van der Waals surface area contributed by atoms with Crippen molar-refractivity contribution in [2.24, 2.45) is 23.7 Å². The Balaban J connectivity index is 5.11. The molecule has 90 heavy (non-hydrogen) atoms. The molecule has 534 valence electrons. The molecule has 3 N–H and O–H groups in total. The number of carbonyl (C=O) groups is 4. The van der Waals surface area contributed by atoms with E-state index < -0.39 is 97.5 Å². The van der Waals surface area contributed by atoms with Crippen LogP contribution in [0.25, 0.3) is 0 Å². The van der Waals surface area contributed by atoms with Crippen LogP contribution in [0.2, 0.25) is 0 Å². The number of rotatable bonds is 68. The van der Waals surface area contributed by atoms with Crippen LogP contribution in [-0.2, 0) is 65.4 Å². The van der Waals surface area contributed by atoms with Crippen molar-refractivity contribution in [3.05, 3.63) is 0 Å². The lowest BCUT2D eigenvalue weighted by Crippen LogP contribution is -2.30. The minimum absolute atomic E-state index is 0.102. The molecule has 2 unspecified atom stereocenters. The van der Waals surface area contributed by atoms with Gasteiger partial charge in [-0.15, -0.1) is 0 Å². The highest BCUT2D eigenvalue weighted by atomic mass is 31.2. The average Bonchev–Trinajstić information content (AvgIpc) is 3.07. The van der Waals surface area contributed by atoms with Crippen molar-refractivity contribution in [2.75, 3.05) is 39.6 Å². The van der Waals surface area contributed by atoms with Gasteiger partial charge < -0.3 is 33.8 Å². The summed E-state index contributed by atoms with van der Waals surface area (Å²) < 4.78 is 68.2. The summed E-state index contributed by atoms with van der Waals surface area (Å²) in [6.45, 7) is 14.0. The molecule has 0 aliphatic rings. The number of hydrogen-bond donors (Lipinski definition) is 3. The lowest BCUT2D eigenvalue weighted by Gasteiger charge is -2.21. The van der Waals surface area contributed by atoms with Crippen molar-refractivity contribution in [3.8, 4) is 0 Å². The third-order valence-corrected chi connectivity index (χ3v) is 18.2. The van der Waals surface area contributed by atoms with E-state index in [0.717, 1.165) is 102 Å². The molecule has 0 fully saturated rings. The highest BCUT2D eigenvalue weighted by Crippen LogP contribution is 2.45. The number of carbonyl (C=O) groups excluding carboxylic acids is 4. The van der Waals surface area contributed by atoms with Crippen molar-refractivity contribution < 1.29 is 80.2 Å². The third-order valence-electron chi connectivity index (χ3n) is 16.3. The van der Waals surface area contributed by atoms with E-state index in [-0.39, 0.29) is 25.7 Å². The number of phosphoric ester groups is 2. The summed E-state index contributed by atoms with van der Waals surface area (Å²) in [4.78, 5) is 72.4. The lowest BCUT2D eigenvalue weighted by atomic mass is 10.0. The highest BCUT2D eigenvalue weighted by molar-refractivity contribution is 7.47. The summed E-state index contributed by atoms with van der Waals surface area (Å²) in [5.41, 5.74) is 0. The van der Waals surface area contributed by atoms with Crippen LogP contribution in [-0.4, -0.2) is 96.7 Å². The molecule has 5 atom stereocenters. The predicted molar refractivity (Wildman–Crippen MR) is 363 cm³/mol. The van der Waals surface area contributed by atoms with Crippen molar-refractivity contribution in [1.29, 1.82) is 0 Å². The summed E-state index contributed by atoms with van der Waals surface area (Å²) in [6, 6.07) is 0. The molecular weight excluding hydrogens is 1190 g/mol. The number of esters is 4. The summed E-state index contributed by atoms with van der Waals surface area (Å²) in [5.74, 6) is 0.758. The van der Waals surface area contributed by atoms with E-state index >= 15 is 0 Å². The maximum atomic E-state index is 13.0. The number of unbranched alkanes of at least 4 members (excludes halogenated alkanes) is 34. The molecule has 0 aromatic carbocycles. The third kappa shape index (κ3) is 64.8. The smallest absolute Gasteiger partial charge is 0.462 e. The Labute approximate surface area is 549 Å². The van der Waals surface area contributed by atoms with Gasteiger partial charge in [0.15, 0.2) is 12.2 Å². The van der Waals surface area contributed by atoms with Gasteiger partial charge in [0.05, 0.1) is 26.4 Å². The largest absolute Gasteiger partial charge is 0.472 e. The molecule has 0 radical (unpaired) electrons. The zero-order valence-corrected chi connectivity index (χ0v) is 60.6. The maximum absolute atomic E-state index is 13.0. The highest BCUT2D eigenvalue weighted by Gasteiger charge is 2.30. The van der Waals surface area contributed by atoms with Gasteiger partial charge in [-0.2, -0.15) is 0 Å². The molecule has 0 aromatic heterocycles. The zero-order chi connectivity index (χ0) is 66.8. The van der Waals surface area contributed by atoms with Crippen LogP contribution in [0, 0.1) is 23.7 Å². The van der Waals surface area contributed by atoms with Gasteiger partial charge in [-0.1, -0.05) is 299 Å². The fourth-order valence-corrected chi connectivity index (χ4v) is 12.2. The van der Waals surface area contributed by atoms with E-state index in [1.165, 1.54) is 148 Å². The second-order valence-electron chi connectivity index (χ2n) is 27.5. The van der Waals surface area contributed by atoms with Crippen LogP contribution in [0.3, 0.4) is 0 Å². The van der Waals surface area contributed by atoms with Gasteiger partial charge in [-0.3, -0.25) is 37.3 Å². The molecule has 0 amide bonds. The number of aliphatic hydroxyl groups excluding tert-OH is 1. The normalized spacial score (nSPS) is 14.3. The minimum atomic E-state index is -4.95. The number of hydrogen-bond acceptors (Lipinski definition) is 15. The van der Waals surface area contributed by atoms with E-state index in [0.29, 0.717) is 43.4 Å². The SMILES string of the molecule is CC(C)CCCCCCCCCCCCCCCCCCCCC(=O)OC[C@H](COP(=O)(O)OC[C@@H](O)COP(=O)(O)OC[C@@H](COC(=O)CCCCCCCCC(C)C)OC(=O)CCCCCCCCCC(C)C)OC(=O)CCCCCCCCCC(C)C. The van der Waals surface area contributed by atoms with E-state index in [2.05, 4.69) is 55.4 Å². The minimum Gasteiger partial charge on any atom is -0.462 e. The molecular formula is C71H138O17P2. The first kappa shape index (κ1) is 88.1. The molecule has 0 saturated heterocycles. The second kappa shape index (κ2) is 60.7. The summed E-state index contributed by atoms with van der Waals surface area (Å²) in [6.07, 6.45) is 43.7. The molecule has 0 rings (SSSR count). The first-order valence-corrected chi connectivity index (χ1v) is 39.7. The molecule has 0 bridgehead atoms. The summed E-state index contributed by atoms with van der Waals surface area (Å²) >= 11 is 0. The van der Waals surface area contributed by atoms with Gasteiger partial charge in [-0.25, -0.2) is 9.13 Å². The molecule has 0 spiro atoms. The molecule has 17 nitrogen and oxygen atoms in total. The fourth-order valence-electron chi connectivity index (χ4n) is 10.7. The molecule has 0 heterocycles. The number of ether oxygens (including phenoxy) is 4. The zero-order valence-electron chi connectivity index (χ0n) is 58.8. The number of phosphoric acid groups is 2. The fraction of sp³-hybridized carbons (Fsp3) is 0.944. The van der Waals surface area contributed by atoms with Crippen molar-refractivity contribution in [1.82, 2.24) is 0 Å². The Hall–Kier alpha value is -1.94. The van der Waals surface area contributed by atoms with Crippen molar-refractivity contribution >= 4 is 39.5 Å². The van der Waals surface area contributed by atoms with Crippen LogP contribution in [0.5, 0.6) is 0 Å². The van der Waals surface area contributed by atoms with Gasteiger partial charge in [-0.05, 0) is 49.4 Å². The Morgan fingerprint density at radius 2 is 0.467 bits per heavy atom. The first-order valence-electron chi connectivity index (χ1n) is 36.7. The summed E-state index contributed by atoms with van der Waals surface area (Å²) in [5, 5.41) is 10.6. The first-order chi connectivity index (χ1) is 43.1. The molecule has 0 saturated carbocycles. The van der Waals surface area contributed by atoms with Crippen LogP contribution < -0.4 is 0 Å². The molecule has 0 aromatic rings. The van der Waals surface area contributed by atoms with Gasteiger partial charge >= 0.3 is 39.5 Å². The second-order valence-corrected chi connectivity index (χ2v) is 30.4. The molecule has 0 aliphatic heterocycles. The van der Waals surface area contributed by atoms with Crippen LogP contribution >= 0.6 is 15.6 Å². The van der Waals surface area contributed by atoms with Gasteiger partial charge in [0, 0.05) is 25.7 Å². The molecule has 0 aliphatic carbocycles. The van der Waals surface area contributed by atoms with E-state index in [1.807, 2.05) is 0 Å². The Morgan fingerprint density at radius 1 is 0.278 bits per heavy atom. The van der Waals surface area contributed by atoms with E-state index in [9.17, 15) is 43.2 Å². The lowest BCUT2D eigenvalue weighted by molar-refractivity contribution is -0.161. The van der Waals surface area contributed by atoms with Gasteiger partial charge in [0.25, 0.3) is 0 Å². The maximum Gasteiger partial charge on any atom is 0.472 e. The van der Waals surface area contributed by atoms with Crippen LogP contribution in [0.4, 0.5) is 0 Å². The van der Waals surface area contributed by atoms with E-state index in [4.69, 9.17) is 37.0 Å². The predicted octanol–water partition coefficient (Wildman–Crippen LogP) is 20.1. The Bertz CT molecular complexity index is 1780. The standard InChI is InChI=1S/C71H138O17P2/c1-61(2)47-39-31-23-19-17-15-13-11-9-10-12-14-16-18-20-26-35-43-51-68(73)81-57-66(87-70(75)53-45-37-27-21-24-32-40-48-62(3)4)59-85-89(77,78)83-55-65(72)56-84-90(79,80)86-60-67(58-82-69(74)52-44-36-30-29-34-42-50-64(7)8)88-71(76)54-46-38-28-22-25-33-41-49-63(5)6/h61-67,72H,9-60H2,1-8H3,(H,77,78)(H,79,80)/t65-,66-,67-/m1/s1. The van der Waals surface area contributed by atoms with Crippen LogP contribution in [0.15, 0.2) is 0 Å². The topological polar surface area (TPSA) is 237 Å². The Kier molecular flexibility index (Phi) is 59.4. The van der Waals surface area contributed by atoms with E-state index in [1.54, 1.807) is 0 Å². The monoisotopic (exact) mass is 1320 g/mol. The van der Waals surface area contributed by atoms with Crippen molar-refractivity contribution in [3.63, 3.8) is 0 Å². The average molecular weight is 1330 g/mol. The van der Waals surface area contributed by atoms with Crippen molar-refractivity contribution in [2.45, 2.75) is 369 Å². The Morgan fingerprint density at radius 3 is 0.689 bits per heavy atom. The molecule has 19 heteroatoms. The van der Waals surface area contributed by atoms with Gasteiger partial charge in [0.1, 0.15) is 19.3 Å².